The predicted molar refractivity (Wildman–Crippen MR) is 165 cm³/mol. The highest BCUT2D eigenvalue weighted by Gasteiger charge is 2.11. The Hall–Kier alpha value is -4.91. The van der Waals surface area contributed by atoms with E-state index in [9.17, 15) is 0 Å². The van der Waals surface area contributed by atoms with Crippen LogP contribution in [0.1, 0.15) is 11.1 Å². The maximum Gasteiger partial charge on any atom is 0.122 e. The molecule has 1 aromatic heterocycles. The van der Waals surface area contributed by atoms with E-state index in [1.807, 2.05) is 73.5 Å². The van der Waals surface area contributed by atoms with Gasteiger partial charge in [0.1, 0.15) is 30.5 Å². The predicted octanol–water partition coefficient (Wildman–Crippen LogP) is 6.61. The highest BCUT2D eigenvalue weighted by molar-refractivity contribution is 5.51. The van der Waals surface area contributed by atoms with Gasteiger partial charge in [0.05, 0.1) is 12.8 Å². The molecule has 4 aromatic carbocycles. The minimum atomic E-state index is 0.460. The second kappa shape index (κ2) is 13.4. The Kier molecular flexibility index (Phi) is 9.06. The molecule has 0 aliphatic carbocycles. The standard InChI is InChI=1S/C34H36N4O3/c1-36(2)31-8-5-10-34(24-31)41-22-21-40-32-17-15-29(16-18-32)37(26-28-7-4-9-33(23-28)39-3)25-27-11-13-30(14-12-27)38-20-6-19-35-38/h4-20,23-24H,21-22,25-26H2,1-3H3. The maximum atomic E-state index is 5.98. The first-order valence-electron chi connectivity index (χ1n) is 13.7. The number of methoxy groups -OCH3 is 1. The third-order valence-corrected chi connectivity index (χ3v) is 6.74. The van der Waals surface area contributed by atoms with Gasteiger partial charge in [-0.25, -0.2) is 4.68 Å². The Bertz CT molecular complexity index is 1500. The second-order valence-electron chi connectivity index (χ2n) is 9.91. The highest BCUT2D eigenvalue weighted by atomic mass is 16.5. The summed E-state index contributed by atoms with van der Waals surface area (Å²) in [6.45, 7) is 2.41. The lowest BCUT2D eigenvalue weighted by molar-refractivity contribution is 0.217. The molecule has 0 aliphatic heterocycles. The average molecular weight is 549 g/mol. The number of nitrogens with zero attached hydrogens (tertiary/aromatic N) is 4. The van der Waals surface area contributed by atoms with Crippen molar-refractivity contribution in [2.75, 3.05) is 44.2 Å². The summed E-state index contributed by atoms with van der Waals surface area (Å²) in [6, 6.07) is 34.9. The Morgan fingerprint density at radius 1 is 0.659 bits per heavy atom. The normalized spacial score (nSPS) is 10.7. The summed E-state index contributed by atoms with van der Waals surface area (Å²) in [5, 5.41) is 4.33. The largest absolute Gasteiger partial charge is 0.497 e. The van der Waals surface area contributed by atoms with E-state index in [-0.39, 0.29) is 0 Å². The molecule has 1 heterocycles. The smallest absolute Gasteiger partial charge is 0.122 e. The number of aromatic nitrogens is 2. The summed E-state index contributed by atoms with van der Waals surface area (Å²) < 4.78 is 19.2. The van der Waals surface area contributed by atoms with Crippen molar-refractivity contribution >= 4 is 11.4 Å². The molecule has 0 saturated heterocycles. The zero-order valence-electron chi connectivity index (χ0n) is 23.8. The average Bonchev–Trinajstić information content (AvgIpc) is 3.55. The van der Waals surface area contributed by atoms with E-state index >= 15 is 0 Å². The van der Waals surface area contributed by atoms with Crippen LogP contribution in [0, 0.1) is 0 Å². The fraction of sp³-hybridized carbons (Fsp3) is 0.206. The maximum absolute atomic E-state index is 5.98. The van der Waals surface area contributed by atoms with E-state index in [0.717, 1.165) is 47.4 Å². The van der Waals surface area contributed by atoms with Crippen LogP contribution in [0.4, 0.5) is 11.4 Å². The molecule has 7 nitrogen and oxygen atoms in total. The molecular weight excluding hydrogens is 512 g/mol. The van der Waals surface area contributed by atoms with E-state index in [1.165, 1.54) is 11.1 Å². The van der Waals surface area contributed by atoms with Crippen LogP contribution < -0.4 is 24.0 Å². The topological polar surface area (TPSA) is 52.0 Å². The van der Waals surface area contributed by atoms with Gasteiger partial charge in [0, 0.05) is 57.0 Å². The Morgan fingerprint density at radius 3 is 2.07 bits per heavy atom. The minimum absolute atomic E-state index is 0.460. The van der Waals surface area contributed by atoms with Crippen LogP contribution in [0.25, 0.3) is 5.69 Å². The Balaban J connectivity index is 1.24. The molecule has 7 heteroatoms. The monoisotopic (exact) mass is 548 g/mol. The number of rotatable bonds is 13. The van der Waals surface area contributed by atoms with Crippen molar-refractivity contribution < 1.29 is 14.2 Å². The SMILES string of the molecule is COc1cccc(CN(Cc2ccc(-n3cccn3)cc2)c2ccc(OCCOc3cccc(N(C)C)c3)cc2)c1. The van der Waals surface area contributed by atoms with Gasteiger partial charge in [-0.05, 0) is 77.9 Å². The van der Waals surface area contributed by atoms with Gasteiger partial charge in [0.25, 0.3) is 0 Å². The molecule has 0 spiro atoms. The number of anilines is 2. The van der Waals surface area contributed by atoms with Crippen LogP contribution in [0.2, 0.25) is 0 Å². The van der Waals surface area contributed by atoms with Crippen molar-refractivity contribution in [1.29, 1.82) is 0 Å². The van der Waals surface area contributed by atoms with Gasteiger partial charge in [0.15, 0.2) is 0 Å². The second-order valence-corrected chi connectivity index (χ2v) is 9.91. The van der Waals surface area contributed by atoms with Crippen LogP contribution in [-0.2, 0) is 13.1 Å². The molecule has 0 bridgehead atoms. The first-order valence-corrected chi connectivity index (χ1v) is 13.7. The molecule has 0 amide bonds. The minimum Gasteiger partial charge on any atom is -0.497 e. The quantitative estimate of drug-likeness (QED) is 0.154. The molecule has 5 rings (SSSR count). The van der Waals surface area contributed by atoms with Crippen molar-refractivity contribution in [2.45, 2.75) is 13.1 Å². The molecule has 0 unspecified atom stereocenters. The van der Waals surface area contributed by atoms with Crippen molar-refractivity contribution in [1.82, 2.24) is 9.78 Å². The molecule has 5 aromatic rings. The van der Waals surface area contributed by atoms with E-state index in [1.54, 1.807) is 13.3 Å². The lowest BCUT2D eigenvalue weighted by Crippen LogP contribution is -2.22. The fourth-order valence-electron chi connectivity index (χ4n) is 4.55. The Morgan fingerprint density at radius 2 is 1.37 bits per heavy atom. The van der Waals surface area contributed by atoms with Gasteiger partial charge in [-0.2, -0.15) is 5.10 Å². The molecule has 0 atom stereocenters. The van der Waals surface area contributed by atoms with E-state index in [2.05, 4.69) is 69.5 Å². The van der Waals surface area contributed by atoms with Crippen LogP contribution in [0.5, 0.6) is 17.2 Å². The summed E-state index contributed by atoms with van der Waals surface area (Å²) in [5.41, 5.74) is 5.63. The summed E-state index contributed by atoms with van der Waals surface area (Å²) in [4.78, 5) is 4.40. The van der Waals surface area contributed by atoms with Gasteiger partial charge in [-0.1, -0.05) is 30.3 Å². The van der Waals surface area contributed by atoms with Crippen LogP contribution in [0.3, 0.4) is 0 Å². The number of ether oxygens (including phenoxy) is 3. The molecule has 210 valence electrons. The summed E-state index contributed by atoms with van der Waals surface area (Å²) in [7, 11) is 5.73. The number of benzene rings is 4. The van der Waals surface area contributed by atoms with E-state index in [0.29, 0.717) is 13.2 Å². The molecule has 0 radical (unpaired) electrons. The third kappa shape index (κ3) is 7.60. The van der Waals surface area contributed by atoms with Gasteiger partial charge < -0.3 is 24.0 Å². The summed E-state index contributed by atoms with van der Waals surface area (Å²) in [5.74, 6) is 2.50. The summed E-state index contributed by atoms with van der Waals surface area (Å²) >= 11 is 0. The lowest BCUT2D eigenvalue weighted by Gasteiger charge is -2.26. The zero-order valence-corrected chi connectivity index (χ0v) is 23.8. The van der Waals surface area contributed by atoms with Gasteiger partial charge in [-0.15, -0.1) is 0 Å². The van der Waals surface area contributed by atoms with Crippen LogP contribution >= 0.6 is 0 Å². The fourth-order valence-corrected chi connectivity index (χ4v) is 4.55. The van der Waals surface area contributed by atoms with Crippen LogP contribution in [-0.4, -0.2) is 44.2 Å². The molecule has 0 aliphatic rings. The first-order chi connectivity index (χ1) is 20.1. The first kappa shape index (κ1) is 27.6. The van der Waals surface area contributed by atoms with Crippen molar-refractivity contribution in [3.05, 3.63) is 127 Å². The lowest BCUT2D eigenvalue weighted by atomic mass is 10.1. The molecule has 0 saturated carbocycles. The molecule has 0 N–H and O–H groups in total. The highest BCUT2D eigenvalue weighted by Crippen LogP contribution is 2.25. The zero-order chi connectivity index (χ0) is 28.4. The van der Waals surface area contributed by atoms with Gasteiger partial charge in [0.2, 0.25) is 0 Å². The Labute approximate surface area is 242 Å². The van der Waals surface area contributed by atoms with Crippen molar-refractivity contribution in [3.8, 4) is 22.9 Å². The van der Waals surface area contributed by atoms with Crippen molar-refractivity contribution in [3.63, 3.8) is 0 Å². The van der Waals surface area contributed by atoms with Crippen LogP contribution in [0.15, 0.2) is 116 Å². The van der Waals surface area contributed by atoms with Gasteiger partial charge >= 0.3 is 0 Å². The molecular formula is C34H36N4O3. The van der Waals surface area contributed by atoms with Crippen molar-refractivity contribution in [2.24, 2.45) is 0 Å². The molecule has 41 heavy (non-hydrogen) atoms. The van der Waals surface area contributed by atoms with E-state index in [4.69, 9.17) is 14.2 Å². The summed E-state index contributed by atoms with van der Waals surface area (Å²) in [6.07, 6.45) is 3.73. The van der Waals surface area contributed by atoms with E-state index < -0.39 is 0 Å². The third-order valence-electron chi connectivity index (χ3n) is 6.74. The number of hydrogen-bond acceptors (Lipinski definition) is 6. The van der Waals surface area contributed by atoms with Gasteiger partial charge in [-0.3, -0.25) is 0 Å². The molecule has 0 fully saturated rings. The number of hydrogen-bond donors (Lipinski definition) is 0.